The van der Waals surface area contributed by atoms with Crippen LogP contribution in [0.1, 0.15) is 25.3 Å². The first-order valence-electron chi connectivity index (χ1n) is 11.6. The molecule has 0 aliphatic carbocycles. The number of aryl methyl sites for hydroxylation is 1. The predicted molar refractivity (Wildman–Crippen MR) is 134 cm³/mol. The third-order valence-corrected chi connectivity index (χ3v) is 6.04. The summed E-state index contributed by atoms with van der Waals surface area (Å²) >= 11 is 0. The average Bonchev–Trinajstić information content (AvgIpc) is 2.88. The highest BCUT2D eigenvalue weighted by atomic mass is 16.6. The van der Waals surface area contributed by atoms with E-state index in [1.165, 1.54) is 11.9 Å². The van der Waals surface area contributed by atoms with E-state index in [1.54, 1.807) is 7.11 Å². The summed E-state index contributed by atoms with van der Waals surface area (Å²) in [6.07, 6.45) is 4.69. The Balaban J connectivity index is 1.48. The second-order valence-corrected chi connectivity index (χ2v) is 8.25. The van der Waals surface area contributed by atoms with Crippen molar-refractivity contribution in [3.63, 3.8) is 0 Å². The molecule has 1 aliphatic rings. The molecule has 2 aromatic carbocycles. The van der Waals surface area contributed by atoms with Crippen LogP contribution in [0.15, 0.2) is 54.9 Å². The third-order valence-electron chi connectivity index (χ3n) is 6.04. The number of piperazine rings is 1. The van der Waals surface area contributed by atoms with E-state index in [0.29, 0.717) is 18.9 Å². The molecule has 0 amide bonds. The van der Waals surface area contributed by atoms with Gasteiger partial charge in [-0.05, 0) is 54.8 Å². The summed E-state index contributed by atoms with van der Waals surface area (Å²) < 4.78 is 5.23. The SMILES string of the molecule is CCCCc1ccc(Nc2ncnc(N3CCN(c4ccc(OC)cc4)CC3)c2[N+](=O)[O-])cc1. The highest BCUT2D eigenvalue weighted by molar-refractivity contribution is 5.74. The molecule has 1 aliphatic heterocycles. The number of hydrogen-bond acceptors (Lipinski definition) is 8. The Morgan fingerprint density at radius 1 is 1.00 bits per heavy atom. The Labute approximate surface area is 199 Å². The van der Waals surface area contributed by atoms with Crippen LogP contribution in [0, 0.1) is 10.1 Å². The maximum absolute atomic E-state index is 12.0. The number of unbranched alkanes of at least 4 members (excludes halogenated alkanes) is 1. The van der Waals surface area contributed by atoms with Crippen molar-refractivity contribution in [2.45, 2.75) is 26.2 Å². The van der Waals surface area contributed by atoms with Gasteiger partial charge in [0.2, 0.25) is 11.6 Å². The molecule has 9 heteroatoms. The Hall–Kier alpha value is -3.88. The van der Waals surface area contributed by atoms with Crippen LogP contribution in [0.25, 0.3) is 0 Å². The summed E-state index contributed by atoms with van der Waals surface area (Å²) in [6, 6.07) is 15.9. The van der Waals surface area contributed by atoms with E-state index in [9.17, 15) is 10.1 Å². The topological polar surface area (TPSA) is 96.7 Å². The molecule has 1 saturated heterocycles. The highest BCUT2D eigenvalue weighted by Gasteiger charge is 2.29. The normalized spacial score (nSPS) is 13.6. The smallest absolute Gasteiger partial charge is 0.353 e. The van der Waals surface area contributed by atoms with Crippen molar-refractivity contribution in [1.82, 2.24) is 9.97 Å². The van der Waals surface area contributed by atoms with Gasteiger partial charge in [-0.15, -0.1) is 0 Å². The van der Waals surface area contributed by atoms with Gasteiger partial charge in [0.1, 0.15) is 12.1 Å². The summed E-state index contributed by atoms with van der Waals surface area (Å²) in [4.78, 5) is 24.3. The predicted octanol–water partition coefficient (Wildman–Crippen LogP) is 4.81. The summed E-state index contributed by atoms with van der Waals surface area (Å²) in [7, 11) is 1.65. The van der Waals surface area contributed by atoms with E-state index in [1.807, 2.05) is 53.4 Å². The van der Waals surface area contributed by atoms with Crippen LogP contribution in [0.3, 0.4) is 0 Å². The van der Waals surface area contributed by atoms with Gasteiger partial charge in [-0.2, -0.15) is 0 Å². The maximum Gasteiger partial charge on any atom is 0.353 e. The molecule has 0 unspecified atom stereocenters. The Kier molecular flexibility index (Phi) is 7.41. The van der Waals surface area contributed by atoms with Gasteiger partial charge in [-0.1, -0.05) is 25.5 Å². The number of nitrogens with one attached hydrogen (secondary N) is 1. The summed E-state index contributed by atoms with van der Waals surface area (Å²) in [6.45, 7) is 4.87. The fraction of sp³-hybridized carbons (Fsp3) is 0.360. The van der Waals surface area contributed by atoms with E-state index in [2.05, 4.69) is 27.1 Å². The van der Waals surface area contributed by atoms with E-state index < -0.39 is 4.92 Å². The second-order valence-electron chi connectivity index (χ2n) is 8.25. The van der Waals surface area contributed by atoms with Gasteiger partial charge in [0.05, 0.1) is 12.0 Å². The van der Waals surface area contributed by atoms with Crippen molar-refractivity contribution in [3.8, 4) is 5.75 Å². The molecule has 0 radical (unpaired) electrons. The number of anilines is 4. The van der Waals surface area contributed by atoms with Gasteiger partial charge in [-0.3, -0.25) is 10.1 Å². The van der Waals surface area contributed by atoms with Gasteiger partial charge >= 0.3 is 5.69 Å². The van der Waals surface area contributed by atoms with Crippen molar-refractivity contribution >= 4 is 28.7 Å². The van der Waals surface area contributed by atoms with E-state index >= 15 is 0 Å². The number of benzene rings is 2. The first kappa shape index (κ1) is 23.3. The standard InChI is InChI=1S/C25H30N6O3/c1-3-4-5-19-6-8-20(9-7-19)28-24-23(31(32)33)25(27-18-26-24)30-16-14-29(15-17-30)21-10-12-22(34-2)13-11-21/h6-13,18H,3-5,14-17H2,1-2H3,(H,26,27,28). The minimum atomic E-state index is -0.400. The average molecular weight is 463 g/mol. The van der Waals surface area contributed by atoms with E-state index in [0.717, 1.165) is 49.5 Å². The molecule has 9 nitrogen and oxygen atoms in total. The summed E-state index contributed by atoms with van der Waals surface area (Å²) in [5.41, 5.74) is 3.01. The molecule has 0 spiro atoms. The number of rotatable bonds is 9. The Morgan fingerprint density at radius 2 is 1.68 bits per heavy atom. The van der Waals surface area contributed by atoms with Crippen LogP contribution >= 0.6 is 0 Å². The number of nitrogens with zero attached hydrogens (tertiary/aromatic N) is 5. The fourth-order valence-electron chi connectivity index (χ4n) is 4.10. The zero-order valence-electron chi connectivity index (χ0n) is 19.6. The number of ether oxygens (including phenoxy) is 1. The molecule has 34 heavy (non-hydrogen) atoms. The summed E-state index contributed by atoms with van der Waals surface area (Å²) in [5.74, 6) is 1.36. The lowest BCUT2D eigenvalue weighted by Gasteiger charge is -2.36. The van der Waals surface area contributed by atoms with Crippen LogP contribution < -0.4 is 19.9 Å². The van der Waals surface area contributed by atoms with Crippen molar-refractivity contribution < 1.29 is 9.66 Å². The molecular weight excluding hydrogens is 432 g/mol. The molecular formula is C25H30N6O3. The number of methoxy groups -OCH3 is 1. The van der Waals surface area contributed by atoms with Crippen LogP contribution in [0.2, 0.25) is 0 Å². The van der Waals surface area contributed by atoms with Crippen LogP contribution in [-0.4, -0.2) is 48.2 Å². The van der Waals surface area contributed by atoms with E-state index in [4.69, 9.17) is 4.74 Å². The lowest BCUT2D eigenvalue weighted by Crippen LogP contribution is -2.47. The van der Waals surface area contributed by atoms with Gasteiger partial charge in [0.15, 0.2) is 0 Å². The van der Waals surface area contributed by atoms with Crippen molar-refractivity contribution in [2.75, 3.05) is 48.4 Å². The van der Waals surface area contributed by atoms with Gasteiger partial charge in [0, 0.05) is 37.6 Å². The van der Waals surface area contributed by atoms with Gasteiger partial charge in [0.25, 0.3) is 0 Å². The zero-order chi connectivity index (χ0) is 23.9. The first-order valence-corrected chi connectivity index (χ1v) is 11.6. The monoisotopic (exact) mass is 462 g/mol. The van der Waals surface area contributed by atoms with Crippen molar-refractivity contribution in [2.24, 2.45) is 0 Å². The largest absolute Gasteiger partial charge is 0.497 e. The molecule has 0 atom stereocenters. The molecule has 1 N–H and O–H groups in total. The van der Waals surface area contributed by atoms with Crippen LogP contribution in [0.5, 0.6) is 5.75 Å². The first-order chi connectivity index (χ1) is 16.6. The summed E-state index contributed by atoms with van der Waals surface area (Å²) in [5, 5.41) is 15.2. The zero-order valence-corrected chi connectivity index (χ0v) is 19.6. The van der Waals surface area contributed by atoms with Crippen LogP contribution in [0.4, 0.5) is 28.7 Å². The van der Waals surface area contributed by atoms with Crippen LogP contribution in [-0.2, 0) is 6.42 Å². The lowest BCUT2D eigenvalue weighted by atomic mass is 10.1. The molecule has 3 aromatic rings. The van der Waals surface area contributed by atoms with Crippen molar-refractivity contribution in [3.05, 3.63) is 70.5 Å². The van der Waals surface area contributed by atoms with Gasteiger partial charge in [-0.25, -0.2) is 9.97 Å². The maximum atomic E-state index is 12.0. The third kappa shape index (κ3) is 5.36. The van der Waals surface area contributed by atoms with Gasteiger partial charge < -0.3 is 19.9 Å². The Morgan fingerprint density at radius 3 is 2.29 bits per heavy atom. The lowest BCUT2D eigenvalue weighted by molar-refractivity contribution is -0.383. The second kappa shape index (κ2) is 10.8. The molecule has 0 saturated carbocycles. The number of nitro groups is 1. The number of aromatic nitrogens is 2. The van der Waals surface area contributed by atoms with Crippen molar-refractivity contribution in [1.29, 1.82) is 0 Å². The van der Waals surface area contributed by atoms with E-state index in [-0.39, 0.29) is 11.5 Å². The molecule has 1 fully saturated rings. The fourth-order valence-corrected chi connectivity index (χ4v) is 4.10. The molecule has 1 aromatic heterocycles. The minimum Gasteiger partial charge on any atom is -0.497 e. The number of hydrogen-bond donors (Lipinski definition) is 1. The molecule has 4 rings (SSSR count). The molecule has 0 bridgehead atoms. The minimum absolute atomic E-state index is 0.101. The molecule has 178 valence electrons. The molecule has 2 heterocycles. The Bertz CT molecular complexity index is 1100. The highest BCUT2D eigenvalue weighted by Crippen LogP contribution is 2.34. The quantitative estimate of drug-likeness (QED) is 0.358.